The number of hydrogen-bond donors (Lipinski definition) is 1. The lowest BCUT2D eigenvalue weighted by Crippen LogP contribution is -2.15. The Balaban J connectivity index is 2.52. The van der Waals surface area contributed by atoms with Crippen LogP contribution in [0.4, 0.5) is 5.69 Å². The number of ether oxygens (including phenoxy) is 2. The molecule has 1 atom stereocenters. The molecular formula is C17H29NO2. The van der Waals surface area contributed by atoms with Gasteiger partial charge in [-0.25, -0.2) is 0 Å². The summed E-state index contributed by atoms with van der Waals surface area (Å²) in [5.41, 5.74) is 1.09. The molecule has 0 radical (unpaired) electrons. The number of hydrogen-bond acceptors (Lipinski definition) is 3. The van der Waals surface area contributed by atoms with E-state index in [-0.39, 0.29) is 0 Å². The zero-order valence-corrected chi connectivity index (χ0v) is 13.4. The van der Waals surface area contributed by atoms with Crippen molar-refractivity contribution in [3.8, 4) is 11.5 Å². The van der Waals surface area contributed by atoms with Crippen LogP contribution < -0.4 is 14.8 Å². The molecule has 0 spiro atoms. The minimum Gasteiger partial charge on any atom is -0.493 e. The van der Waals surface area contributed by atoms with Crippen LogP contribution >= 0.6 is 0 Å². The number of anilines is 1. The molecule has 0 aliphatic rings. The van der Waals surface area contributed by atoms with Gasteiger partial charge in [0, 0.05) is 17.8 Å². The molecule has 0 saturated carbocycles. The summed E-state index contributed by atoms with van der Waals surface area (Å²) >= 11 is 0. The van der Waals surface area contributed by atoms with Crippen molar-refractivity contribution in [3.05, 3.63) is 18.2 Å². The summed E-state index contributed by atoms with van der Waals surface area (Å²) in [5, 5.41) is 3.53. The van der Waals surface area contributed by atoms with Crippen LogP contribution in [0.15, 0.2) is 18.2 Å². The number of methoxy groups -OCH3 is 1. The van der Waals surface area contributed by atoms with Crippen molar-refractivity contribution >= 4 is 5.69 Å². The van der Waals surface area contributed by atoms with Crippen LogP contribution in [-0.4, -0.2) is 19.8 Å². The van der Waals surface area contributed by atoms with Crippen molar-refractivity contribution in [3.63, 3.8) is 0 Å². The Kier molecular flexibility index (Phi) is 7.93. The topological polar surface area (TPSA) is 30.5 Å². The Hall–Kier alpha value is -1.38. The van der Waals surface area contributed by atoms with E-state index in [0.717, 1.165) is 17.2 Å². The normalized spacial score (nSPS) is 12.0. The monoisotopic (exact) mass is 279 g/mol. The Bertz CT molecular complexity index is 379. The van der Waals surface area contributed by atoms with Gasteiger partial charge in [0.15, 0.2) is 11.5 Å². The first-order valence-electron chi connectivity index (χ1n) is 7.78. The van der Waals surface area contributed by atoms with E-state index in [1.807, 2.05) is 25.1 Å². The summed E-state index contributed by atoms with van der Waals surface area (Å²) in [6.45, 7) is 7.10. The molecular weight excluding hydrogens is 250 g/mol. The smallest absolute Gasteiger partial charge is 0.163 e. The summed E-state index contributed by atoms with van der Waals surface area (Å²) in [7, 11) is 1.67. The van der Waals surface area contributed by atoms with Gasteiger partial charge in [0.2, 0.25) is 0 Å². The summed E-state index contributed by atoms with van der Waals surface area (Å²) in [5.74, 6) is 1.59. The third-order valence-electron chi connectivity index (χ3n) is 3.37. The van der Waals surface area contributed by atoms with Crippen molar-refractivity contribution in [2.24, 2.45) is 0 Å². The van der Waals surface area contributed by atoms with E-state index in [1.54, 1.807) is 7.11 Å². The van der Waals surface area contributed by atoms with Gasteiger partial charge in [-0.15, -0.1) is 0 Å². The average Bonchev–Trinajstić information content (AvgIpc) is 2.44. The summed E-state index contributed by atoms with van der Waals surface area (Å²) < 4.78 is 10.9. The average molecular weight is 279 g/mol. The lowest BCUT2D eigenvalue weighted by atomic mass is 10.1. The second-order valence-electron chi connectivity index (χ2n) is 5.19. The van der Waals surface area contributed by atoms with Gasteiger partial charge in [-0.3, -0.25) is 0 Å². The van der Waals surface area contributed by atoms with Crippen LogP contribution in [0.2, 0.25) is 0 Å². The van der Waals surface area contributed by atoms with Crippen molar-refractivity contribution < 1.29 is 9.47 Å². The summed E-state index contributed by atoms with van der Waals surface area (Å²) in [6.07, 6.45) is 6.45. The molecule has 0 saturated heterocycles. The van der Waals surface area contributed by atoms with Crippen LogP contribution in [0, 0.1) is 0 Å². The first kappa shape index (κ1) is 16.7. The van der Waals surface area contributed by atoms with E-state index >= 15 is 0 Å². The van der Waals surface area contributed by atoms with E-state index in [9.17, 15) is 0 Å². The highest BCUT2D eigenvalue weighted by Crippen LogP contribution is 2.30. The van der Waals surface area contributed by atoms with Crippen molar-refractivity contribution in [2.45, 2.75) is 58.9 Å². The zero-order chi connectivity index (χ0) is 14.8. The molecule has 0 aliphatic heterocycles. The Morgan fingerprint density at radius 2 is 1.90 bits per heavy atom. The maximum atomic E-state index is 5.60. The third-order valence-corrected chi connectivity index (χ3v) is 3.37. The van der Waals surface area contributed by atoms with Crippen LogP contribution in [0.3, 0.4) is 0 Å². The molecule has 0 heterocycles. The first-order chi connectivity index (χ1) is 9.71. The SMILES string of the molecule is CCCCCCC(C)Nc1ccc(OC)c(OCC)c1. The van der Waals surface area contributed by atoms with E-state index in [1.165, 1.54) is 32.1 Å². The Labute approximate surface area is 123 Å². The summed E-state index contributed by atoms with van der Waals surface area (Å²) in [6, 6.07) is 6.50. The quantitative estimate of drug-likeness (QED) is 0.620. The molecule has 0 aromatic heterocycles. The summed E-state index contributed by atoms with van der Waals surface area (Å²) in [4.78, 5) is 0. The minimum absolute atomic E-state index is 0.481. The van der Waals surface area contributed by atoms with Crippen LogP contribution in [0.5, 0.6) is 11.5 Å². The van der Waals surface area contributed by atoms with Crippen LogP contribution in [0.1, 0.15) is 52.9 Å². The number of unbranched alkanes of at least 4 members (excludes halogenated alkanes) is 3. The van der Waals surface area contributed by atoms with Crippen molar-refractivity contribution in [1.29, 1.82) is 0 Å². The minimum atomic E-state index is 0.481. The highest BCUT2D eigenvalue weighted by molar-refractivity contribution is 5.55. The molecule has 0 bridgehead atoms. The van der Waals surface area contributed by atoms with E-state index in [2.05, 4.69) is 19.2 Å². The standard InChI is InChI=1S/C17H29NO2/c1-5-7-8-9-10-14(3)18-15-11-12-16(19-4)17(13-15)20-6-2/h11-14,18H,5-10H2,1-4H3. The first-order valence-corrected chi connectivity index (χ1v) is 7.78. The fourth-order valence-corrected chi connectivity index (χ4v) is 2.27. The van der Waals surface area contributed by atoms with E-state index in [4.69, 9.17) is 9.47 Å². The van der Waals surface area contributed by atoms with Gasteiger partial charge in [-0.2, -0.15) is 0 Å². The molecule has 0 fully saturated rings. The Morgan fingerprint density at radius 1 is 1.10 bits per heavy atom. The molecule has 20 heavy (non-hydrogen) atoms. The molecule has 3 nitrogen and oxygen atoms in total. The maximum Gasteiger partial charge on any atom is 0.163 e. The third kappa shape index (κ3) is 5.72. The molecule has 1 aromatic rings. The van der Waals surface area contributed by atoms with Gasteiger partial charge in [-0.1, -0.05) is 32.6 Å². The highest BCUT2D eigenvalue weighted by Gasteiger charge is 2.07. The van der Waals surface area contributed by atoms with Gasteiger partial charge >= 0.3 is 0 Å². The predicted octanol–water partition coefficient (Wildman–Crippen LogP) is 4.86. The molecule has 1 unspecified atom stereocenters. The molecule has 1 N–H and O–H groups in total. The van der Waals surface area contributed by atoms with Crippen LogP contribution in [-0.2, 0) is 0 Å². The largest absolute Gasteiger partial charge is 0.493 e. The second kappa shape index (κ2) is 9.51. The molecule has 3 heteroatoms. The molecule has 0 amide bonds. The predicted molar refractivity (Wildman–Crippen MR) is 86.0 cm³/mol. The van der Waals surface area contributed by atoms with Crippen molar-refractivity contribution in [1.82, 2.24) is 0 Å². The molecule has 1 rings (SSSR count). The van der Waals surface area contributed by atoms with Gasteiger partial charge < -0.3 is 14.8 Å². The number of nitrogens with one attached hydrogen (secondary N) is 1. The fraction of sp³-hybridized carbons (Fsp3) is 0.647. The number of benzene rings is 1. The zero-order valence-electron chi connectivity index (χ0n) is 13.4. The van der Waals surface area contributed by atoms with E-state index < -0.39 is 0 Å². The lowest BCUT2D eigenvalue weighted by Gasteiger charge is -2.17. The van der Waals surface area contributed by atoms with Gasteiger partial charge in [0.25, 0.3) is 0 Å². The highest BCUT2D eigenvalue weighted by atomic mass is 16.5. The van der Waals surface area contributed by atoms with Crippen LogP contribution in [0.25, 0.3) is 0 Å². The molecule has 0 aliphatic carbocycles. The lowest BCUT2D eigenvalue weighted by molar-refractivity contribution is 0.311. The van der Waals surface area contributed by atoms with Gasteiger partial charge in [0.05, 0.1) is 13.7 Å². The molecule has 114 valence electrons. The maximum absolute atomic E-state index is 5.60. The fourth-order valence-electron chi connectivity index (χ4n) is 2.27. The number of rotatable bonds is 10. The Morgan fingerprint density at radius 3 is 2.55 bits per heavy atom. The molecule has 1 aromatic carbocycles. The second-order valence-corrected chi connectivity index (χ2v) is 5.19. The van der Waals surface area contributed by atoms with Gasteiger partial charge in [-0.05, 0) is 32.4 Å². The van der Waals surface area contributed by atoms with Crippen molar-refractivity contribution in [2.75, 3.05) is 19.0 Å². The van der Waals surface area contributed by atoms with Gasteiger partial charge in [0.1, 0.15) is 0 Å². The van der Waals surface area contributed by atoms with E-state index in [0.29, 0.717) is 12.6 Å².